The van der Waals surface area contributed by atoms with Gasteiger partial charge in [0.15, 0.2) is 0 Å². The molecule has 0 bridgehead atoms. The van der Waals surface area contributed by atoms with Gasteiger partial charge in [-0.3, -0.25) is 0 Å². The van der Waals surface area contributed by atoms with Crippen molar-refractivity contribution >= 4 is 16.2 Å². The predicted molar refractivity (Wildman–Crippen MR) is 43.8 cm³/mol. The van der Waals surface area contributed by atoms with Crippen LogP contribution < -0.4 is 5.32 Å². The Morgan fingerprint density at radius 2 is 2.40 bits per heavy atom. The van der Waals surface area contributed by atoms with Gasteiger partial charge >= 0.3 is 5.97 Å². The van der Waals surface area contributed by atoms with Crippen molar-refractivity contribution in [3.8, 4) is 0 Å². The minimum absolute atomic E-state index is 0.246. The summed E-state index contributed by atoms with van der Waals surface area (Å²) >= 11 is 0. The van der Waals surface area contributed by atoms with Crippen LogP contribution in [0.15, 0.2) is 24.9 Å². The van der Waals surface area contributed by atoms with Crippen molar-refractivity contribution in [1.29, 1.82) is 0 Å². The SMILES string of the molecule is C=CC([SiH3])NC=CC(=O)O. The minimum atomic E-state index is -0.939. The van der Waals surface area contributed by atoms with E-state index in [9.17, 15) is 4.79 Å². The number of carboxylic acid groups (broad SMARTS) is 1. The van der Waals surface area contributed by atoms with Crippen LogP contribution in [0.4, 0.5) is 0 Å². The summed E-state index contributed by atoms with van der Waals surface area (Å²) in [5.74, 6) is -0.939. The number of rotatable bonds is 4. The molecule has 0 aromatic heterocycles. The van der Waals surface area contributed by atoms with E-state index in [1.54, 1.807) is 6.08 Å². The molecule has 0 radical (unpaired) electrons. The third-order valence-electron chi connectivity index (χ3n) is 0.939. The molecule has 0 aliphatic rings. The monoisotopic (exact) mass is 157 g/mol. The van der Waals surface area contributed by atoms with Gasteiger partial charge in [-0.1, -0.05) is 6.08 Å². The molecule has 56 valence electrons. The molecule has 0 saturated carbocycles. The Kier molecular flexibility index (Phi) is 4.31. The Bertz CT molecular complexity index is 156. The van der Waals surface area contributed by atoms with Crippen LogP contribution in [0.1, 0.15) is 0 Å². The van der Waals surface area contributed by atoms with Gasteiger partial charge in [0.1, 0.15) is 0 Å². The minimum Gasteiger partial charge on any atom is -0.478 e. The van der Waals surface area contributed by atoms with Gasteiger partial charge in [0.25, 0.3) is 0 Å². The molecule has 4 heteroatoms. The summed E-state index contributed by atoms with van der Waals surface area (Å²) in [7, 11) is 0.927. The lowest BCUT2D eigenvalue weighted by atomic mass is 10.5. The molecular weight excluding hydrogens is 146 g/mol. The van der Waals surface area contributed by atoms with E-state index in [1.165, 1.54) is 6.20 Å². The molecule has 0 spiro atoms. The van der Waals surface area contributed by atoms with E-state index in [1.807, 2.05) is 0 Å². The maximum atomic E-state index is 9.93. The predicted octanol–water partition coefficient (Wildman–Crippen LogP) is -0.948. The standard InChI is InChI=1S/C6H11NO2Si/c1-2-5(10)7-4-3-6(8)9/h2-5,7H,1H2,10H3,(H,8,9). The van der Waals surface area contributed by atoms with Gasteiger partial charge < -0.3 is 10.4 Å². The van der Waals surface area contributed by atoms with Crippen molar-refractivity contribution in [2.24, 2.45) is 0 Å². The molecule has 0 aliphatic carbocycles. The topological polar surface area (TPSA) is 49.3 Å². The van der Waals surface area contributed by atoms with Crippen LogP contribution in [0.25, 0.3) is 0 Å². The molecule has 0 fully saturated rings. The van der Waals surface area contributed by atoms with Gasteiger partial charge in [0.2, 0.25) is 0 Å². The Labute approximate surface area is 62.9 Å². The second-order valence-electron chi connectivity index (χ2n) is 1.86. The molecule has 3 nitrogen and oxygen atoms in total. The van der Waals surface area contributed by atoms with Gasteiger partial charge in [-0.25, -0.2) is 4.79 Å². The first-order valence-corrected chi connectivity index (χ1v) is 4.10. The van der Waals surface area contributed by atoms with Gasteiger partial charge in [-0.05, 0) is 0 Å². The van der Waals surface area contributed by atoms with E-state index in [0.717, 1.165) is 16.3 Å². The molecule has 0 aliphatic heterocycles. The molecular formula is C6H11NO2Si. The fourth-order valence-corrected chi connectivity index (χ4v) is 0.532. The van der Waals surface area contributed by atoms with E-state index in [4.69, 9.17) is 5.11 Å². The molecule has 10 heavy (non-hydrogen) atoms. The van der Waals surface area contributed by atoms with E-state index >= 15 is 0 Å². The maximum Gasteiger partial charge on any atom is 0.329 e. The first-order valence-electron chi connectivity index (χ1n) is 2.95. The highest BCUT2D eigenvalue weighted by atomic mass is 28.1. The Hall–Kier alpha value is -1.03. The van der Waals surface area contributed by atoms with Crippen molar-refractivity contribution in [3.05, 3.63) is 24.9 Å². The van der Waals surface area contributed by atoms with Crippen LogP contribution >= 0.6 is 0 Å². The molecule has 0 saturated heterocycles. The lowest BCUT2D eigenvalue weighted by Crippen LogP contribution is -2.21. The van der Waals surface area contributed by atoms with Crippen LogP contribution in [0.2, 0.25) is 0 Å². The first kappa shape index (κ1) is 8.97. The zero-order valence-electron chi connectivity index (χ0n) is 5.87. The fraction of sp³-hybridized carbons (Fsp3) is 0.167. The molecule has 0 amide bonds. The van der Waals surface area contributed by atoms with Crippen molar-refractivity contribution in [2.75, 3.05) is 0 Å². The number of nitrogens with one attached hydrogen (secondary N) is 1. The summed E-state index contributed by atoms with van der Waals surface area (Å²) < 4.78 is 0. The number of hydrogen-bond donors (Lipinski definition) is 2. The molecule has 0 aromatic rings. The fourth-order valence-electron chi connectivity index (χ4n) is 0.339. The summed E-state index contributed by atoms with van der Waals surface area (Å²) in [5, 5.41) is 11.0. The van der Waals surface area contributed by atoms with E-state index in [0.29, 0.717) is 0 Å². The third-order valence-corrected chi connectivity index (χ3v) is 1.74. The average molecular weight is 157 g/mol. The van der Waals surface area contributed by atoms with Crippen LogP contribution in [-0.4, -0.2) is 27.0 Å². The Morgan fingerprint density at radius 3 is 2.80 bits per heavy atom. The van der Waals surface area contributed by atoms with Crippen molar-refractivity contribution in [1.82, 2.24) is 5.32 Å². The van der Waals surface area contributed by atoms with E-state index in [-0.39, 0.29) is 5.67 Å². The zero-order valence-corrected chi connectivity index (χ0v) is 7.87. The Morgan fingerprint density at radius 1 is 1.80 bits per heavy atom. The van der Waals surface area contributed by atoms with Crippen molar-refractivity contribution in [2.45, 2.75) is 5.67 Å². The number of aliphatic carboxylic acids is 1. The molecule has 1 unspecified atom stereocenters. The molecule has 0 heterocycles. The van der Waals surface area contributed by atoms with Gasteiger partial charge in [-0.2, -0.15) is 0 Å². The second kappa shape index (κ2) is 4.81. The van der Waals surface area contributed by atoms with Crippen molar-refractivity contribution < 1.29 is 9.90 Å². The van der Waals surface area contributed by atoms with Crippen LogP contribution in [0.3, 0.4) is 0 Å². The molecule has 1 atom stereocenters. The van der Waals surface area contributed by atoms with Gasteiger partial charge in [-0.15, -0.1) is 6.58 Å². The summed E-state index contributed by atoms with van der Waals surface area (Å²) in [5.41, 5.74) is 0.246. The van der Waals surface area contributed by atoms with E-state index in [2.05, 4.69) is 11.9 Å². The lowest BCUT2D eigenvalue weighted by molar-refractivity contribution is -0.131. The van der Waals surface area contributed by atoms with Gasteiger partial charge in [0.05, 0.1) is 0 Å². The van der Waals surface area contributed by atoms with E-state index < -0.39 is 5.97 Å². The summed E-state index contributed by atoms with van der Waals surface area (Å²) in [6, 6.07) is 0. The highest BCUT2D eigenvalue weighted by molar-refractivity contribution is 6.13. The molecule has 0 rings (SSSR count). The zero-order chi connectivity index (χ0) is 7.98. The largest absolute Gasteiger partial charge is 0.478 e. The summed E-state index contributed by atoms with van der Waals surface area (Å²) in [6.07, 6.45) is 4.23. The number of carbonyl (C=O) groups is 1. The normalized spacial score (nSPS) is 13.2. The summed E-state index contributed by atoms with van der Waals surface area (Å²) in [6.45, 7) is 3.55. The highest BCUT2D eigenvalue weighted by Gasteiger charge is 1.88. The lowest BCUT2D eigenvalue weighted by Gasteiger charge is -2.02. The Balaban J connectivity index is 3.52. The van der Waals surface area contributed by atoms with Crippen LogP contribution in [-0.2, 0) is 4.79 Å². The molecule has 2 N–H and O–H groups in total. The summed E-state index contributed by atoms with van der Waals surface area (Å²) in [4.78, 5) is 9.93. The third kappa shape index (κ3) is 5.11. The average Bonchev–Trinajstić information content (AvgIpc) is 1.87. The number of hydrogen-bond acceptors (Lipinski definition) is 2. The molecule has 0 aromatic carbocycles. The van der Waals surface area contributed by atoms with Crippen LogP contribution in [0.5, 0.6) is 0 Å². The first-order chi connectivity index (χ1) is 4.66. The van der Waals surface area contributed by atoms with Crippen molar-refractivity contribution in [3.63, 3.8) is 0 Å². The smallest absolute Gasteiger partial charge is 0.329 e. The maximum absolute atomic E-state index is 9.93. The number of carboxylic acids is 1. The van der Waals surface area contributed by atoms with Gasteiger partial charge in [0, 0.05) is 28.2 Å². The highest BCUT2D eigenvalue weighted by Crippen LogP contribution is 1.75. The van der Waals surface area contributed by atoms with Crippen LogP contribution in [0, 0.1) is 0 Å². The second-order valence-corrected chi connectivity index (χ2v) is 3.11. The quantitative estimate of drug-likeness (QED) is 0.314.